The Morgan fingerprint density at radius 2 is 1.32 bits per heavy atom. The molecule has 8 heteroatoms. The topological polar surface area (TPSA) is 111 Å². The first-order chi connectivity index (χ1) is 18.4. The van der Waals surface area contributed by atoms with E-state index in [4.69, 9.17) is 14.5 Å². The maximum absolute atomic E-state index is 13.7. The molecule has 0 fully saturated rings. The second-order valence-corrected chi connectivity index (χ2v) is 9.25. The van der Waals surface area contributed by atoms with Gasteiger partial charge >= 0.3 is 0 Å². The van der Waals surface area contributed by atoms with Crippen molar-refractivity contribution in [1.29, 1.82) is 0 Å². The van der Waals surface area contributed by atoms with Crippen LogP contribution in [-0.2, 0) is 4.74 Å². The molecule has 0 bridgehead atoms. The Morgan fingerprint density at radius 1 is 0.737 bits per heavy atom. The third-order valence-electron chi connectivity index (χ3n) is 7.38. The number of Topliss-reactive ketones (excluding diaryl/α,β-unsaturated/α-hetero) is 2. The second-order valence-electron chi connectivity index (χ2n) is 9.25. The molecular formula is C30H18N2O6. The van der Waals surface area contributed by atoms with Gasteiger partial charge in [0.25, 0.3) is 0 Å². The quantitative estimate of drug-likeness (QED) is 0.436. The summed E-state index contributed by atoms with van der Waals surface area (Å²) in [6, 6.07) is 14.1. The summed E-state index contributed by atoms with van der Waals surface area (Å²) in [6.07, 6.45) is 1.60. The minimum absolute atomic E-state index is 0.130. The Hall–Kier alpha value is -5.11. The average Bonchev–Trinajstić information content (AvgIpc) is 2.95. The van der Waals surface area contributed by atoms with Crippen molar-refractivity contribution in [1.82, 2.24) is 0 Å². The van der Waals surface area contributed by atoms with Gasteiger partial charge in [-0.1, -0.05) is 48.5 Å². The van der Waals surface area contributed by atoms with E-state index in [1.807, 2.05) is 0 Å². The Labute approximate surface area is 216 Å². The van der Waals surface area contributed by atoms with E-state index in [-0.39, 0.29) is 68.2 Å². The number of nitrogens with zero attached hydrogens (tertiary/aromatic N) is 1. The summed E-state index contributed by atoms with van der Waals surface area (Å²) < 4.78 is 11.1. The molecule has 4 aliphatic rings. The predicted octanol–water partition coefficient (Wildman–Crippen LogP) is 4.26. The van der Waals surface area contributed by atoms with Crippen LogP contribution in [0.3, 0.4) is 0 Å². The first kappa shape index (κ1) is 22.1. The Morgan fingerprint density at radius 3 is 1.92 bits per heavy atom. The maximum Gasteiger partial charge on any atom is 0.198 e. The van der Waals surface area contributed by atoms with Gasteiger partial charge in [0.1, 0.15) is 11.5 Å². The van der Waals surface area contributed by atoms with Crippen molar-refractivity contribution < 1.29 is 28.7 Å². The van der Waals surface area contributed by atoms with Gasteiger partial charge in [0.2, 0.25) is 0 Å². The highest BCUT2D eigenvalue weighted by atomic mass is 16.5. The van der Waals surface area contributed by atoms with Crippen LogP contribution in [0.1, 0.15) is 52.6 Å². The number of aliphatic imine (C=N–C) groups is 1. The fraction of sp³-hybridized carbons (Fsp3) is 0.100. The fourth-order valence-corrected chi connectivity index (χ4v) is 5.67. The van der Waals surface area contributed by atoms with Gasteiger partial charge in [-0.25, -0.2) is 4.99 Å². The molecule has 1 aliphatic heterocycles. The zero-order valence-electron chi connectivity index (χ0n) is 20.2. The van der Waals surface area contributed by atoms with Crippen LogP contribution >= 0.6 is 0 Å². The molecular weight excluding hydrogens is 484 g/mol. The third kappa shape index (κ3) is 2.71. The van der Waals surface area contributed by atoms with Crippen molar-refractivity contribution in [3.63, 3.8) is 0 Å². The molecule has 0 amide bonds. The van der Waals surface area contributed by atoms with Gasteiger partial charge in [0.15, 0.2) is 23.1 Å². The number of allylic oxidation sites excluding steroid dienone is 1. The summed E-state index contributed by atoms with van der Waals surface area (Å²) in [5.41, 5.74) is 2.96. The highest BCUT2D eigenvalue weighted by Gasteiger charge is 2.45. The number of nitrogens with one attached hydrogen (secondary N) is 1. The second kappa shape index (κ2) is 7.69. The summed E-state index contributed by atoms with van der Waals surface area (Å²) in [5, 5.41) is 3.30. The smallest absolute Gasteiger partial charge is 0.198 e. The van der Waals surface area contributed by atoms with Crippen molar-refractivity contribution in [2.45, 2.75) is 6.04 Å². The van der Waals surface area contributed by atoms with E-state index in [9.17, 15) is 19.2 Å². The van der Waals surface area contributed by atoms with Crippen molar-refractivity contribution in [2.24, 2.45) is 4.99 Å². The first-order valence-electron chi connectivity index (χ1n) is 11.9. The van der Waals surface area contributed by atoms with E-state index in [2.05, 4.69) is 5.32 Å². The number of ketones is 4. The first-order valence-corrected chi connectivity index (χ1v) is 11.9. The summed E-state index contributed by atoms with van der Waals surface area (Å²) >= 11 is 0. The number of methoxy groups -OCH3 is 2. The molecule has 7 rings (SSSR count). The summed E-state index contributed by atoms with van der Waals surface area (Å²) in [7, 11) is 2.85. The largest absolute Gasteiger partial charge is 0.496 e. The SMILES string of the molecule is COC1=CC2=Nc3c(cc(OC)c4c3C(=O)c3ccccc3C4=O)NC2C2=C1C(=O)c1ccccc1C2=O. The van der Waals surface area contributed by atoms with Gasteiger partial charge < -0.3 is 14.8 Å². The third-order valence-corrected chi connectivity index (χ3v) is 7.38. The minimum Gasteiger partial charge on any atom is -0.496 e. The number of fused-ring (bicyclic) bond motifs is 7. The standard InChI is InChI=1S/C30H18N2O6/c1-37-19-11-17-25(23-21(19)27(33)13-7-3-5-9-15(13)29(23)35)32-18-12-20(38-2)22-24(26(18)31-17)30(36)16-10-6-4-8-14(16)28(22)34/h3-12,25,32H,1-2H3. The van der Waals surface area contributed by atoms with E-state index in [0.717, 1.165) is 0 Å². The van der Waals surface area contributed by atoms with Gasteiger partial charge in [-0.2, -0.15) is 0 Å². The van der Waals surface area contributed by atoms with Gasteiger partial charge in [-0.15, -0.1) is 0 Å². The lowest BCUT2D eigenvalue weighted by Crippen LogP contribution is -2.43. The number of carbonyl (C=O) groups excluding carboxylic acids is 4. The van der Waals surface area contributed by atoms with Crippen LogP contribution < -0.4 is 10.1 Å². The summed E-state index contributed by atoms with van der Waals surface area (Å²) in [5.74, 6) is -0.870. The molecule has 1 unspecified atom stereocenters. The molecule has 0 radical (unpaired) electrons. The molecule has 1 N–H and O–H groups in total. The Balaban J connectivity index is 1.46. The van der Waals surface area contributed by atoms with Gasteiger partial charge in [0, 0.05) is 40.0 Å². The number of benzene rings is 3. The monoisotopic (exact) mass is 502 g/mol. The molecule has 0 saturated carbocycles. The van der Waals surface area contributed by atoms with Crippen LogP contribution in [0.2, 0.25) is 0 Å². The minimum atomic E-state index is -0.773. The lowest BCUT2D eigenvalue weighted by molar-refractivity contribution is 0.0965. The molecule has 0 spiro atoms. The van der Waals surface area contributed by atoms with Crippen LogP contribution in [0.4, 0.5) is 11.4 Å². The molecule has 0 saturated heterocycles. The maximum atomic E-state index is 13.7. The summed E-state index contributed by atoms with van der Waals surface area (Å²) in [6.45, 7) is 0. The van der Waals surface area contributed by atoms with Crippen LogP contribution in [-0.4, -0.2) is 49.1 Å². The molecule has 8 nitrogen and oxygen atoms in total. The molecule has 1 atom stereocenters. The number of hydrogen-bond acceptors (Lipinski definition) is 8. The van der Waals surface area contributed by atoms with Crippen molar-refractivity contribution in [3.05, 3.63) is 111 Å². The molecule has 0 aromatic heterocycles. The molecule has 38 heavy (non-hydrogen) atoms. The zero-order chi connectivity index (χ0) is 26.3. The molecule has 184 valence electrons. The molecule has 3 aliphatic carbocycles. The van der Waals surface area contributed by atoms with Crippen LogP contribution in [0.25, 0.3) is 0 Å². The molecule has 3 aromatic carbocycles. The highest BCUT2D eigenvalue weighted by molar-refractivity contribution is 6.35. The molecule has 1 heterocycles. The molecule has 3 aromatic rings. The van der Waals surface area contributed by atoms with E-state index in [0.29, 0.717) is 28.1 Å². The zero-order valence-corrected chi connectivity index (χ0v) is 20.2. The predicted molar refractivity (Wildman–Crippen MR) is 138 cm³/mol. The van der Waals surface area contributed by atoms with E-state index in [1.165, 1.54) is 14.2 Å². The van der Waals surface area contributed by atoms with Crippen molar-refractivity contribution in [2.75, 3.05) is 19.5 Å². The Bertz CT molecular complexity index is 1790. The van der Waals surface area contributed by atoms with Crippen molar-refractivity contribution >= 4 is 40.2 Å². The van der Waals surface area contributed by atoms with E-state index in [1.54, 1.807) is 60.7 Å². The lowest BCUT2D eigenvalue weighted by atomic mass is 9.75. The van der Waals surface area contributed by atoms with Crippen LogP contribution in [0, 0.1) is 0 Å². The number of rotatable bonds is 2. The average molecular weight is 502 g/mol. The number of hydrogen-bond donors (Lipinski definition) is 1. The number of carbonyl (C=O) groups is 4. The lowest BCUT2D eigenvalue weighted by Gasteiger charge is -2.35. The van der Waals surface area contributed by atoms with Crippen LogP contribution in [0.15, 0.2) is 82.6 Å². The van der Waals surface area contributed by atoms with E-state index >= 15 is 0 Å². The summed E-state index contributed by atoms with van der Waals surface area (Å²) in [4.78, 5) is 59.1. The number of anilines is 1. The van der Waals surface area contributed by atoms with Gasteiger partial charge in [-0.3, -0.25) is 19.2 Å². The Kier molecular flexibility index (Phi) is 4.48. The van der Waals surface area contributed by atoms with Crippen molar-refractivity contribution in [3.8, 4) is 5.75 Å². The fourth-order valence-electron chi connectivity index (χ4n) is 5.67. The van der Waals surface area contributed by atoms with E-state index < -0.39 is 6.04 Å². The van der Waals surface area contributed by atoms with Crippen LogP contribution in [0.5, 0.6) is 5.75 Å². The van der Waals surface area contributed by atoms with Gasteiger partial charge in [-0.05, 0) is 0 Å². The number of ether oxygens (including phenoxy) is 2. The normalized spacial score (nSPS) is 18.6. The highest BCUT2D eigenvalue weighted by Crippen LogP contribution is 2.47. The van der Waals surface area contributed by atoms with Gasteiger partial charge in [0.05, 0.1) is 54.0 Å².